The molecule has 0 saturated heterocycles. The average Bonchev–Trinajstić information content (AvgIpc) is 2.73. The van der Waals surface area contributed by atoms with Crippen LogP contribution in [0.15, 0.2) is 54.7 Å². The highest BCUT2D eigenvalue weighted by Gasteiger charge is 2.17. The first-order valence-corrected chi connectivity index (χ1v) is 9.20. The summed E-state index contributed by atoms with van der Waals surface area (Å²) in [5.41, 5.74) is 8.03. The first-order chi connectivity index (χ1) is 14.0. The number of ketones is 1. The van der Waals surface area contributed by atoms with E-state index in [-0.39, 0.29) is 29.1 Å². The van der Waals surface area contributed by atoms with Crippen LogP contribution in [0.2, 0.25) is 5.02 Å². The Morgan fingerprint density at radius 2 is 1.79 bits per heavy atom. The van der Waals surface area contributed by atoms with Gasteiger partial charge in [0.1, 0.15) is 5.69 Å². The lowest BCUT2D eigenvalue weighted by Crippen LogP contribution is -2.09. The lowest BCUT2D eigenvalue weighted by molar-refractivity contribution is -0.106. The minimum absolute atomic E-state index is 0.0287. The summed E-state index contributed by atoms with van der Waals surface area (Å²) in [6.07, 6.45) is 1.01. The third kappa shape index (κ3) is 4.45. The normalized spacial score (nSPS) is 11.1. The van der Waals surface area contributed by atoms with Crippen molar-refractivity contribution in [3.8, 4) is 11.1 Å². The fraction of sp³-hybridized carbons (Fsp3) is 0.182. The number of methoxy groups -OCH3 is 2. The van der Waals surface area contributed by atoms with Crippen molar-refractivity contribution in [1.82, 2.24) is 4.98 Å². The summed E-state index contributed by atoms with van der Waals surface area (Å²) in [5.74, 6) is -0.754. The summed E-state index contributed by atoms with van der Waals surface area (Å²) in [6.45, 7) is 0. The van der Waals surface area contributed by atoms with Gasteiger partial charge in [0.15, 0.2) is 17.9 Å². The number of anilines is 1. The minimum atomic E-state index is -0.550. The first-order valence-electron chi connectivity index (χ1n) is 8.82. The molecule has 0 radical (unpaired) electrons. The molecule has 5 nitrogen and oxygen atoms in total. The summed E-state index contributed by atoms with van der Waals surface area (Å²) in [4.78, 5) is 16.9. The highest BCUT2D eigenvalue weighted by molar-refractivity contribution is 6.34. The van der Waals surface area contributed by atoms with E-state index in [1.165, 1.54) is 26.5 Å². The second-order valence-electron chi connectivity index (χ2n) is 6.37. The number of hydrogen-bond donors (Lipinski definition) is 1. The van der Waals surface area contributed by atoms with Crippen LogP contribution in [-0.4, -0.2) is 25.0 Å². The van der Waals surface area contributed by atoms with Crippen LogP contribution in [0.25, 0.3) is 11.1 Å². The number of carbonyl (C=O) groups excluding carboxylic acids is 1. The zero-order valence-electron chi connectivity index (χ0n) is 16.0. The summed E-state index contributed by atoms with van der Waals surface area (Å²) in [7, 11) is 3.04. The van der Waals surface area contributed by atoms with Gasteiger partial charge < -0.3 is 15.2 Å². The number of aromatic nitrogens is 1. The number of nitrogen functional groups attached to an aromatic ring is 1. The SMILES string of the molecule is COC(OC)c1ccc(C(=O)Cc2cccc(-c3cccc(N)c3F)c2Cl)nc1. The number of pyridine rings is 1. The number of nitrogens with two attached hydrogens (primary N) is 1. The lowest BCUT2D eigenvalue weighted by Gasteiger charge is -2.13. The molecule has 7 heteroatoms. The maximum atomic E-state index is 14.4. The average molecular weight is 415 g/mol. The Hall–Kier alpha value is -2.80. The molecule has 0 saturated carbocycles. The van der Waals surface area contributed by atoms with Gasteiger partial charge in [0.25, 0.3) is 0 Å². The first kappa shape index (κ1) is 20.9. The quantitative estimate of drug-likeness (QED) is 0.340. The second-order valence-corrected chi connectivity index (χ2v) is 6.75. The number of Topliss-reactive ketones (excluding diaryl/α,β-unsaturated/α-hetero) is 1. The number of benzene rings is 2. The van der Waals surface area contributed by atoms with Crippen LogP contribution in [0, 0.1) is 5.82 Å². The summed E-state index contributed by atoms with van der Waals surface area (Å²) >= 11 is 6.49. The van der Waals surface area contributed by atoms with Gasteiger partial charge in [-0.3, -0.25) is 9.78 Å². The number of halogens is 2. The molecule has 3 rings (SSSR count). The van der Waals surface area contributed by atoms with Gasteiger partial charge in [-0.25, -0.2) is 4.39 Å². The van der Waals surface area contributed by atoms with E-state index in [4.69, 9.17) is 26.8 Å². The van der Waals surface area contributed by atoms with Crippen molar-refractivity contribution < 1.29 is 18.7 Å². The zero-order chi connectivity index (χ0) is 21.0. The van der Waals surface area contributed by atoms with E-state index < -0.39 is 12.1 Å². The number of hydrogen-bond acceptors (Lipinski definition) is 5. The van der Waals surface area contributed by atoms with Crippen LogP contribution < -0.4 is 5.73 Å². The molecule has 0 aliphatic rings. The molecular weight excluding hydrogens is 395 g/mol. The van der Waals surface area contributed by atoms with Crippen molar-refractivity contribution in [2.24, 2.45) is 0 Å². The Labute approximate surface area is 173 Å². The van der Waals surface area contributed by atoms with E-state index in [0.717, 1.165) is 0 Å². The lowest BCUT2D eigenvalue weighted by atomic mass is 9.98. The molecule has 0 aliphatic carbocycles. The molecule has 3 aromatic rings. The van der Waals surface area contributed by atoms with Gasteiger partial charge in [0, 0.05) is 43.5 Å². The Morgan fingerprint density at radius 3 is 2.45 bits per heavy atom. The molecule has 1 heterocycles. The molecule has 29 heavy (non-hydrogen) atoms. The van der Waals surface area contributed by atoms with Gasteiger partial charge >= 0.3 is 0 Å². The molecule has 2 aromatic carbocycles. The monoisotopic (exact) mass is 414 g/mol. The number of carbonyl (C=O) groups is 1. The third-order valence-corrected chi connectivity index (χ3v) is 4.97. The zero-order valence-corrected chi connectivity index (χ0v) is 16.7. The van der Waals surface area contributed by atoms with Gasteiger partial charge in [-0.2, -0.15) is 0 Å². The van der Waals surface area contributed by atoms with E-state index in [0.29, 0.717) is 21.7 Å². The predicted molar refractivity (Wildman–Crippen MR) is 110 cm³/mol. The smallest absolute Gasteiger partial charge is 0.185 e. The summed E-state index contributed by atoms with van der Waals surface area (Å²) in [6, 6.07) is 13.2. The van der Waals surface area contributed by atoms with Crippen molar-refractivity contribution in [2.75, 3.05) is 20.0 Å². The Balaban J connectivity index is 1.85. The molecule has 0 fully saturated rings. The number of rotatable bonds is 7. The Kier molecular flexibility index (Phi) is 6.59. The van der Waals surface area contributed by atoms with Gasteiger partial charge in [-0.15, -0.1) is 0 Å². The molecule has 2 N–H and O–H groups in total. The summed E-state index contributed by atoms with van der Waals surface area (Å²) < 4.78 is 24.7. The van der Waals surface area contributed by atoms with Gasteiger partial charge in [0.2, 0.25) is 0 Å². The van der Waals surface area contributed by atoms with Crippen LogP contribution in [0.1, 0.15) is 27.9 Å². The largest absolute Gasteiger partial charge is 0.396 e. The van der Waals surface area contributed by atoms with Gasteiger partial charge in [-0.1, -0.05) is 48.0 Å². The van der Waals surface area contributed by atoms with Crippen LogP contribution >= 0.6 is 11.6 Å². The van der Waals surface area contributed by atoms with Crippen molar-refractivity contribution in [1.29, 1.82) is 0 Å². The molecule has 0 unspecified atom stereocenters. The molecule has 0 aliphatic heterocycles. The fourth-order valence-corrected chi connectivity index (χ4v) is 3.32. The summed E-state index contributed by atoms with van der Waals surface area (Å²) in [5, 5.41) is 0.306. The highest BCUT2D eigenvalue weighted by atomic mass is 35.5. The highest BCUT2D eigenvalue weighted by Crippen LogP contribution is 2.34. The standard InChI is InChI=1S/C22H20ClFN2O3/c1-28-22(29-2)14-9-10-18(26-12-14)19(27)11-13-5-3-6-15(20(13)23)16-7-4-8-17(25)21(16)24/h3-10,12,22H,11,25H2,1-2H3. The molecular formula is C22H20ClFN2O3. The van der Waals surface area contributed by atoms with Crippen LogP contribution in [-0.2, 0) is 15.9 Å². The van der Waals surface area contributed by atoms with Crippen LogP contribution in [0.3, 0.4) is 0 Å². The Bertz CT molecular complexity index is 1020. The predicted octanol–water partition coefficient (Wildman–Crippen LogP) is 4.84. The molecule has 1 aromatic heterocycles. The Morgan fingerprint density at radius 1 is 1.10 bits per heavy atom. The maximum Gasteiger partial charge on any atom is 0.185 e. The van der Waals surface area contributed by atoms with Crippen molar-refractivity contribution in [3.63, 3.8) is 0 Å². The van der Waals surface area contributed by atoms with E-state index in [9.17, 15) is 9.18 Å². The topological polar surface area (TPSA) is 74.4 Å². The maximum absolute atomic E-state index is 14.4. The van der Waals surface area contributed by atoms with Crippen LogP contribution in [0.5, 0.6) is 0 Å². The van der Waals surface area contributed by atoms with Crippen molar-refractivity contribution in [2.45, 2.75) is 12.7 Å². The number of nitrogens with zero attached hydrogens (tertiary/aromatic N) is 1. The van der Waals surface area contributed by atoms with Gasteiger partial charge in [-0.05, 0) is 17.7 Å². The molecule has 0 amide bonds. The molecule has 0 spiro atoms. The second kappa shape index (κ2) is 9.13. The van der Waals surface area contributed by atoms with E-state index in [1.54, 1.807) is 42.5 Å². The molecule has 150 valence electrons. The van der Waals surface area contributed by atoms with Crippen molar-refractivity contribution >= 4 is 23.1 Å². The van der Waals surface area contributed by atoms with Crippen LogP contribution in [0.4, 0.5) is 10.1 Å². The number of ether oxygens (including phenoxy) is 2. The van der Waals surface area contributed by atoms with E-state index >= 15 is 0 Å². The molecule has 0 bridgehead atoms. The fourth-order valence-electron chi connectivity index (χ4n) is 3.02. The minimum Gasteiger partial charge on any atom is -0.396 e. The third-order valence-electron chi connectivity index (χ3n) is 4.52. The molecule has 0 atom stereocenters. The van der Waals surface area contributed by atoms with E-state index in [2.05, 4.69) is 4.98 Å². The van der Waals surface area contributed by atoms with E-state index in [1.807, 2.05) is 0 Å². The van der Waals surface area contributed by atoms with Crippen molar-refractivity contribution in [3.05, 3.63) is 82.4 Å². The van der Waals surface area contributed by atoms with Gasteiger partial charge in [0.05, 0.1) is 10.7 Å².